The van der Waals surface area contributed by atoms with Gasteiger partial charge in [0, 0.05) is 0 Å². The number of hydrogen-bond acceptors (Lipinski definition) is 0. The van der Waals surface area contributed by atoms with Gasteiger partial charge in [-0.25, -0.2) is 0 Å². The molecular formula is C7H14Br2Mg. The summed E-state index contributed by atoms with van der Waals surface area (Å²) < 4.78 is 0. The molecule has 0 saturated heterocycles. The van der Waals surface area contributed by atoms with Gasteiger partial charge in [-0.2, -0.15) is 0 Å². The standard InChI is InChI=1S/C7H14.2BrH.Mg/c1-7-5-3-2-4-6-7;;;/h7H,2-6H2,1H3;2*1H;/q;;;+2/p-2. The maximum atomic E-state index is 2.36. The summed E-state index contributed by atoms with van der Waals surface area (Å²) in [7, 11) is 0. The van der Waals surface area contributed by atoms with Crippen molar-refractivity contribution < 1.29 is 34.0 Å². The van der Waals surface area contributed by atoms with Gasteiger partial charge in [-0.05, 0) is 5.92 Å². The minimum atomic E-state index is 0. The zero-order valence-electron chi connectivity index (χ0n) is 6.58. The fourth-order valence-corrected chi connectivity index (χ4v) is 1.31. The molecule has 1 saturated carbocycles. The second-order valence-electron chi connectivity index (χ2n) is 2.74. The van der Waals surface area contributed by atoms with Crippen LogP contribution in [0.2, 0.25) is 0 Å². The van der Waals surface area contributed by atoms with Crippen LogP contribution in [0.4, 0.5) is 0 Å². The third-order valence-electron chi connectivity index (χ3n) is 1.89. The topological polar surface area (TPSA) is 0 Å². The van der Waals surface area contributed by atoms with Crippen molar-refractivity contribution in [3.63, 3.8) is 0 Å². The van der Waals surface area contributed by atoms with Crippen LogP contribution in [0.15, 0.2) is 0 Å². The molecule has 0 aromatic carbocycles. The molecule has 0 spiro atoms. The van der Waals surface area contributed by atoms with Crippen LogP contribution in [0.5, 0.6) is 0 Å². The first-order chi connectivity index (χ1) is 3.39. The minimum absolute atomic E-state index is 0. The van der Waals surface area contributed by atoms with Gasteiger partial charge >= 0.3 is 23.1 Å². The van der Waals surface area contributed by atoms with E-state index in [9.17, 15) is 0 Å². The summed E-state index contributed by atoms with van der Waals surface area (Å²) in [4.78, 5) is 0. The van der Waals surface area contributed by atoms with Crippen LogP contribution in [0.25, 0.3) is 0 Å². The van der Waals surface area contributed by atoms with Gasteiger partial charge in [0.1, 0.15) is 0 Å². The Morgan fingerprint density at radius 2 is 1.30 bits per heavy atom. The van der Waals surface area contributed by atoms with Gasteiger partial charge < -0.3 is 34.0 Å². The monoisotopic (exact) mass is 280 g/mol. The van der Waals surface area contributed by atoms with Gasteiger partial charge in [0.25, 0.3) is 0 Å². The molecule has 0 nitrogen and oxygen atoms in total. The quantitative estimate of drug-likeness (QED) is 0.400. The summed E-state index contributed by atoms with van der Waals surface area (Å²) in [5.41, 5.74) is 0. The van der Waals surface area contributed by atoms with E-state index in [1.807, 2.05) is 0 Å². The van der Waals surface area contributed by atoms with E-state index in [4.69, 9.17) is 0 Å². The van der Waals surface area contributed by atoms with Crippen LogP contribution >= 0.6 is 0 Å². The predicted octanol–water partition coefficient (Wildman–Crippen LogP) is -3.79. The molecule has 1 aliphatic rings. The Morgan fingerprint density at radius 1 is 0.900 bits per heavy atom. The molecule has 58 valence electrons. The third kappa shape index (κ3) is 7.83. The zero-order valence-corrected chi connectivity index (χ0v) is 11.2. The molecule has 0 aromatic heterocycles. The van der Waals surface area contributed by atoms with Gasteiger partial charge in [-0.1, -0.05) is 39.0 Å². The zero-order chi connectivity index (χ0) is 5.11. The summed E-state index contributed by atoms with van der Waals surface area (Å²) in [5.74, 6) is 1.04. The molecular weight excluding hydrogens is 268 g/mol. The predicted molar refractivity (Wildman–Crippen MR) is 38.0 cm³/mol. The number of halogens is 2. The maximum Gasteiger partial charge on any atom is 2.00 e. The summed E-state index contributed by atoms with van der Waals surface area (Å²) in [6, 6.07) is 0. The van der Waals surface area contributed by atoms with Crippen LogP contribution in [0.3, 0.4) is 0 Å². The van der Waals surface area contributed by atoms with E-state index in [0.29, 0.717) is 0 Å². The second kappa shape index (κ2) is 10.7. The van der Waals surface area contributed by atoms with E-state index in [1.165, 1.54) is 32.1 Å². The van der Waals surface area contributed by atoms with Gasteiger partial charge in [0.2, 0.25) is 0 Å². The molecule has 0 N–H and O–H groups in total. The summed E-state index contributed by atoms with van der Waals surface area (Å²) in [5, 5.41) is 0. The Balaban J connectivity index is -0.000000163. The number of hydrogen-bond donors (Lipinski definition) is 0. The van der Waals surface area contributed by atoms with Gasteiger partial charge in [0.15, 0.2) is 0 Å². The van der Waals surface area contributed by atoms with Gasteiger partial charge in [-0.3, -0.25) is 0 Å². The van der Waals surface area contributed by atoms with Crippen molar-refractivity contribution in [3.05, 3.63) is 0 Å². The van der Waals surface area contributed by atoms with Crippen LogP contribution in [0, 0.1) is 5.92 Å². The molecule has 1 rings (SSSR count). The summed E-state index contributed by atoms with van der Waals surface area (Å²) in [6.07, 6.45) is 7.44. The average molecular weight is 282 g/mol. The molecule has 1 aliphatic carbocycles. The van der Waals surface area contributed by atoms with Crippen molar-refractivity contribution in [3.8, 4) is 0 Å². The largest absolute Gasteiger partial charge is 2.00 e. The molecule has 0 aromatic rings. The normalized spacial score (nSPS) is 17.7. The third-order valence-corrected chi connectivity index (χ3v) is 1.89. The molecule has 0 amide bonds. The smallest absolute Gasteiger partial charge is 1.00 e. The van der Waals surface area contributed by atoms with E-state index in [-0.39, 0.29) is 57.0 Å². The van der Waals surface area contributed by atoms with Crippen LogP contribution < -0.4 is 34.0 Å². The fourth-order valence-electron chi connectivity index (χ4n) is 1.31. The molecule has 0 radical (unpaired) electrons. The molecule has 0 atom stereocenters. The minimum Gasteiger partial charge on any atom is -1.00 e. The first kappa shape index (κ1) is 17.7. The van der Waals surface area contributed by atoms with Crippen molar-refractivity contribution in [2.24, 2.45) is 5.92 Å². The summed E-state index contributed by atoms with van der Waals surface area (Å²) in [6.45, 7) is 2.36. The molecule has 10 heavy (non-hydrogen) atoms. The Kier molecular flexibility index (Phi) is 19.0. The van der Waals surface area contributed by atoms with Crippen LogP contribution in [-0.2, 0) is 0 Å². The summed E-state index contributed by atoms with van der Waals surface area (Å²) >= 11 is 0. The van der Waals surface area contributed by atoms with Crippen molar-refractivity contribution in [2.45, 2.75) is 39.0 Å². The van der Waals surface area contributed by atoms with E-state index in [0.717, 1.165) is 5.92 Å². The van der Waals surface area contributed by atoms with E-state index >= 15 is 0 Å². The van der Waals surface area contributed by atoms with Crippen molar-refractivity contribution in [1.82, 2.24) is 0 Å². The SMILES string of the molecule is CC1CCCCC1.[Br-].[Br-].[Mg+2]. The molecule has 0 heterocycles. The van der Waals surface area contributed by atoms with Gasteiger partial charge in [-0.15, -0.1) is 0 Å². The van der Waals surface area contributed by atoms with E-state index in [1.54, 1.807) is 0 Å². The first-order valence-electron chi connectivity index (χ1n) is 3.39. The van der Waals surface area contributed by atoms with Crippen LogP contribution in [-0.4, -0.2) is 23.1 Å². The molecule has 3 heteroatoms. The maximum absolute atomic E-state index is 2.36. The Morgan fingerprint density at radius 3 is 1.50 bits per heavy atom. The second-order valence-corrected chi connectivity index (χ2v) is 2.74. The molecule has 0 aliphatic heterocycles. The molecule has 0 bridgehead atoms. The van der Waals surface area contributed by atoms with Crippen molar-refractivity contribution in [2.75, 3.05) is 0 Å². The molecule has 0 unspecified atom stereocenters. The van der Waals surface area contributed by atoms with Crippen LogP contribution in [0.1, 0.15) is 39.0 Å². The Hall–Kier alpha value is 1.73. The number of rotatable bonds is 0. The van der Waals surface area contributed by atoms with Crippen molar-refractivity contribution >= 4 is 23.1 Å². The Labute approximate surface area is 101 Å². The van der Waals surface area contributed by atoms with Gasteiger partial charge in [0.05, 0.1) is 0 Å². The van der Waals surface area contributed by atoms with Crippen molar-refractivity contribution in [1.29, 1.82) is 0 Å². The first-order valence-corrected chi connectivity index (χ1v) is 3.39. The molecule has 1 fully saturated rings. The Bertz CT molecular complexity index is 53.6. The average Bonchev–Trinajstić information content (AvgIpc) is 1.69. The van der Waals surface area contributed by atoms with E-state index < -0.39 is 0 Å². The van der Waals surface area contributed by atoms with E-state index in [2.05, 4.69) is 6.92 Å². The fraction of sp³-hybridized carbons (Fsp3) is 1.00.